The molecule has 1 fully saturated rings. The Bertz CT molecular complexity index is 686. The summed E-state index contributed by atoms with van der Waals surface area (Å²) in [4.78, 5) is 18.7. The van der Waals surface area contributed by atoms with Crippen molar-refractivity contribution in [2.24, 2.45) is 11.8 Å². The van der Waals surface area contributed by atoms with Crippen molar-refractivity contribution in [3.63, 3.8) is 0 Å². The van der Waals surface area contributed by atoms with Gasteiger partial charge in [-0.25, -0.2) is 4.98 Å². The molecule has 2 heterocycles. The molecular formula is C19H23ClN2O2. The highest BCUT2D eigenvalue weighted by Gasteiger charge is 2.25. The predicted octanol–water partition coefficient (Wildman–Crippen LogP) is 4.43. The van der Waals surface area contributed by atoms with E-state index in [1.807, 2.05) is 29.2 Å². The zero-order valence-electron chi connectivity index (χ0n) is 14.2. The van der Waals surface area contributed by atoms with Gasteiger partial charge >= 0.3 is 0 Å². The number of oxazole rings is 1. The molecule has 24 heavy (non-hydrogen) atoms. The maximum atomic E-state index is 12.4. The molecule has 1 aliphatic heterocycles. The number of benzene rings is 1. The molecule has 2 aromatic rings. The molecule has 4 nitrogen and oxygen atoms in total. The van der Waals surface area contributed by atoms with Crippen molar-refractivity contribution in [1.82, 2.24) is 9.88 Å². The molecule has 1 saturated heterocycles. The summed E-state index contributed by atoms with van der Waals surface area (Å²) in [6.45, 7) is 6.15. The zero-order chi connectivity index (χ0) is 17.1. The monoisotopic (exact) mass is 346 g/mol. The van der Waals surface area contributed by atoms with Crippen molar-refractivity contribution in [1.29, 1.82) is 0 Å². The molecular weight excluding hydrogens is 324 g/mol. The molecule has 0 N–H and O–H groups in total. The van der Waals surface area contributed by atoms with Gasteiger partial charge < -0.3 is 9.32 Å². The molecule has 1 aromatic heterocycles. The lowest BCUT2D eigenvalue weighted by Gasteiger charge is -2.35. The van der Waals surface area contributed by atoms with E-state index in [0.29, 0.717) is 41.4 Å². The molecule has 1 aromatic carbocycles. The second-order valence-electron chi connectivity index (χ2n) is 6.87. The van der Waals surface area contributed by atoms with Crippen LogP contribution < -0.4 is 0 Å². The smallest absolute Gasteiger partial charge is 0.223 e. The van der Waals surface area contributed by atoms with E-state index in [0.717, 1.165) is 18.7 Å². The fourth-order valence-electron chi connectivity index (χ4n) is 3.41. The van der Waals surface area contributed by atoms with Gasteiger partial charge in [0.2, 0.25) is 5.91 Å². The summed E-state index contributed by atoms with van der Waals surface area (Å²) in [5.74, 6) is 2.66. The molecule has 2 atom stereocenters. The van der Waals surface area contributed by atoms with Gasteiger partial charge in [0, 0.05) is 36.5 Å². The van der Waals surface area contributed by atoms with Gasteiger partial charge in [-0.1, -0.05) is 25.4 Å². The fourth-order valence-corrected chi connectivity index (χ4v) is 3.54. The third-order valence-electron chi connectivity index (χ3n) is 4.46. The summed E-state index contributed by atoms with van der Waals surface area (Å²) >= 11 is 5.89. The van der Waals surface area contributed by atoms with Gasteiger partial charge in [0.1, 0.15) is 0 Å². The molecule has 1 amide bonds. The van der Waals surface area contributed by atoms with Crippen LogP contribution in [0.5, 0.6) is 0 Å². The highest BCUT2D eigenvalue weighted by atomic mass is 35.5. The van der Waals surface area contributed by atoms with E-state index >= 15 is 0 Å². The molecule has 128 valence electrons. The number of hydrogen-bond acceptors (Lipinski definition) is 3. The van der Waals surface area contributed by atoms with E-state index in [1.165, 1.54) is 6.42 Å². The number of hydrogen-bond donors (Lipinski definition) is 0. The Labute approximate surface area is 147 Å². The molecule has 0 saturated carbocycles. The summed E-state index contributed by atoms with van der Waals surface area (Å²) in [6, 6.07) is 7.44. The van der Waals surface area contributed by atoms with Crippen molar-refractivity contribution < 1.29 is 9.21 Å². The molecule has 0 bridgehead atoms. The van der Waals surface area contributed by atoms with Crippen LogP contribution in [0.1, 0.15) is 32.6 Å². The summed E-state index contributed by atoms with van der Waals surface area (Å²) in [5.41, 5.74) is 0.933. The van der Waals surface area contributed by atoms with Crippen LogP contribution in [0, 0.1) is 11.8 Å². The summed E-state index contributed by atoms with van der Waals surface area (Å²) < 4.78 is 5.76. The van der Waals surface area contributed by atoms with Gasteiger partial charge in [-0.3, -0.25) is 4.79 Å². The maximum absolute atomic E-state index is 12.4. The van der Waals surface area contributed by atoms with E-state index in [1.54, 1.807) is 6.20 Å². The number of carbonyl (C=O) groups is 1. The van der Waals surface area contributed by atoms with Gasteiger partial charge in [-0.2, -0.15) is 0 Å². The highest BCUT2D eigenvalue weighted by Crippen LogP contribution is 2.24. The van der Waals surface area contributed by atoms with E-state index < -0.39 is 0 Å². The molecule has 5 heteroatoms. The third kappa shape index (κ3) is 4.18. The molecule has 0 aliphatic carbocycles. The van der Waals surface area contributed by atoms with Crippen molar-refractivity contribution in [3.8, 4) is 11.3 Å². The molecule has 0 spiro atoms. The van der Waals surface area contributed by atoms with E-state index in [4.69, 9.17) is 16.0 Å². The first-order chi connectivity index (χ1) is 11.5. The predicted molar refractivity (Wildman–Crippen MR) is 94.8 cm³/mol. The molecule has 0 radical (unpaired) electrons. The van der Waals surface area contributed by atoms with Gasteiger partial charge in [0.05, 0.1) is 6.20 Å². The Morgan fingerprint density at radius 1 is 1.25 bits per heavy atom. The Balaban J connectivity index is 1.57. The first kappa shape index (κ1) is 17.0. The minimum Gasteiger partial charge on any atom is -0.441 e. The summed E-state index contributed by atoms with van der Waals surface area (Å²) in [5, 5.41) is 0.689. The van der Waals surface area contributed by atoms with Crippen molar-refractivity contribution in [2.75, 3.05) is 13.1 Å². The van der Waals surface area contributed by atoms with Crippen LogP contribution in [-0.4, -0.2) is 28.9 Å². The molecule has 1 aliphatic rings. The van der Waals surface area contributed by atoms with Crippen molar-refractivity contribution in [3.05, 3.63) is 41.4 Å². The highest BCUT2D eigenvalue weighted by molar-refractivity contribution is 6.30. The number of aromatic nitrogens is 1. The summed E-state index contributed by atoms with van der Waals surface area (Å²) in [6.07, 6.45) is 3.88. The lowest BCUT2D eigenvalue weighted by atomic mass is 9.91. The van der Waals surface area contributed by atoms with Crippen LogP contribution in [0.15, 0.2) is 34.9 Å². The maximum Gasteiger partial charge on any atom is 0.223 e. The average Bonchev–Trinajstić information content (AvgIpc) is 3.01. The van der Waals surface area contributed by atoms with Crippen LogP contribution in [0.4, 0.5) is 0 Å². The van der Waals surface area contributed by atoms with E-state index in [-0.39, 0.29) is 5.91 Å². The minimum atomic E-state index is 0.194. The Morgan fingerprint density at radius 2 is 1.92 bits per heavy atom. The first-order valence-corrected chi connectivity index (χ1v) is 8.87. The van der Waals surface area contributed by atoms with E-state index in [2.05, 4.69) is 18.8 Å². The largest absolute Gasteiger partial charge is 0.441 e. The first-order valence-electron chi connectivity index (χ1n) is 8.49. The number of halogens is 1. The number of amides is 1. The van der Waals surface area contributed by atoms with Crippen molar-refractivity contribution >= 4 is 17.5 Å². The zero-order valence-corrected chi connectivity index (χ0v) is 14.9. The Kier molecular flexibility index (Phi) is 5.24. The standard InChI is InChI=1S/C19H23ClN2O2/c1-13-9-14(2)12-22(11-13)19(23)8-7-18-21-10-17(24-18)15-3-5-16(20)6-4-15/h3-6,10,13-14H,7-9,11-12H2,1-2H3/t13-,14-/m1/s1. The Morgan fingerprint density at radius 3 is 2.58 bits per heavy atom. The van der Waals surface area contributed by atoms with Crippen LogP contribution in [0.25, 0.3) is 11.3 Å². The topological polar surface area (TPSA) is 46.3 Å². The SMILES string of the molecule is C[C@@H]1C[C@@H](C)CN(C(=O)CCc2ncc(-c3ccc(Cl)cc3)o2)C1. The normalized spacial score (nSPS) is 21.0. The number of likely N-dealkylation sites (tertiary alicyclic amines) is 1. The lowest BCUT2D eigenvalue weighted by molar-refractivity contribution is -0.133. The van der Waals surface area contributed by atoms with E-state index in [9.17, 15) is 4.79 Å². The number of aryl methyl sites for hydroxylation is 1. The Hall–Kier alpha value is -1.81. The summed E-state index contributed by atoms with van der Waals surface area (Å²) in [7, 11) is 0. The van der Waals surface area contributed by atoms with Crippen LogP contribution in [0.3, 0.4) is 0 Å². The number of rotatable bonds is 4. The van der Waals surface area contributed by atoms with Gasteiger partial charge in [-0.15, -0.1) is 0 Å². The van der Waals surface area contributed by atoms with Crippen LogP contribution in [0.2, 0.25) is 5.02 Å². The number of carbonyl (C=O) groups excluding carboxylic acids is 1. The quantitative estimate of drug-likeness (QED) is 0.822. The second kappa shape index (κ2) is 7.39. The van der Waals surface area contributed by atoms with Crippen LogP contribution >= 0.6 is 11.6 Å². The molecule has 0 unspecified atom stereocenters. The lowest BCUT2D eigenvalue weighted by Crippen LogP contribution is -2.42. The third-order valence-corrected chi connectivity index (χ3v) is 4.71. The van der Waals surface area contributed by atoms with Gasteiger partial charge in [0.15, 0.2) is 11.7 Å². The van der Waals surface area contributed by atoms with Crippen LogP contribution in [-0.2, 0) is 11.2 Å². The number of piperidine rings is 1. The minimum absolute atomic E-state index is 0.194. The average molecular weight is 347 g/mol. The number of nitrogens with zero attached hydrogens (tertiary/aromatic N) is 2. The second-order valence-corrected chi connectivity index (χ2v) is 7.31. The fraction of sp³-hybridized carbons (Fsp3) is 0.474. The van der Waals surface area contributed by atoms with Crippen molar-refractivity contribution in [2.45, 2.75) is 33.1 Å². The molecule has 3 rings (SSSR count). The van der Waals surface area contributed by atoms with Gasteiger partial charge in [-0.05, 0) is 42.5 Å². The van der Waals surface area contributed by atoms with Gasteiger partial charge in [0.25, 0.3) is 0 Å².